The van der Waals surface area contributed by atoms with Crippen molar-refractivity contribution in [2.45, 2.75) is 52.6 Å². The number of carbonyl (C=O) groups is 1. The summed E-state index contributed by atoms with van der Waals surface area (Å²) in [5, 5.41) is 3.47. The molecule has 8 nitrogen and oxygen atoms in total. The summed E-state index contributed by atoms with van der Waals surface area (Å²) < 4.78 is 11.1. The zero-order valence-corrected chi connectivity index (χ0v) is 22.2. The average molecular weight is 552 g/mol. The van der Waals surface area contributed by atoms with E-state index in [1.54, 1.807) is 0 Å². The molecule has 180 valence electrons. The molecular formula is C22H42IN5O3. The standard InChI is InChI=1S/C22H41N5O3.HI/c1-5-23-19(27-11-7-22(17-27)8-16-29-18-22)24-9-6-10-25-12-14-26(15-13-25)20(28)30-21(2,3)4;/h5-18H2,1-4H3,(H,23,24);1H. The Balaban J connectivity index is 0.00000341. The molecule has 31 heavy (non-hydrogen) atoms. The Kier molecular flexibility index (Phi) is 10.1. The molecule has 1 atom stereocenters. The smallest absolute Gasteiger partial charge is 0.410 e. The second-order valence-corrected chi connectivity index (χ2v) is 9.87. The Labute approximate surface area is 205 Å². The molecule has 9 heteroatoms. The molecule has 3 fully saturated rings. The first-order valence-corrected chi connectivity index (χ1v) is 11.6. The molecule has 0 aromatic heterocycles. The molecule has 0 radical (unpaired) electrons. The average Bonchev–Trinajstić information content (AvgIpc) is 3.33. The Morgan fingerprint density at radius 3 is 2.48 bits per heavy atom. The topological polar surface area (TPSA) is 69.6 Å². The highest BCUT2D eigenvalue weighted by Crippen LogP contribution is 2.38. The highest BCUT2D eigenvalue weighted by molar-refractivity contribution is 14.0. The van der Waals surface area contributed by atoms with Gasteiger partial charge >= 0.3 is 6.09 Å². The number of carbonyl (C=O) groups excluding carboxylic acids is 1. The van der Waals surface area contributed by atoms with E-state index in [4.69, 9.17) is 14.5 Å². The summed E-state index contributed by atoms with van der Waals surface area (Å²) in [4.78, 5) is 23.7. The number of rotatable bonds is 5. The van der Waals surface area contributed by atoms with Gasteiger partial charge in [-0.1, -0.05) is 0 Å². The highest BCUT2D eigenvalue weighted by Gasteiger charge is 2.42. The van der Waals surface area contributed by atoms with Gasteiger partial charge in [0.15, 0.2) is 5.96 Å². The predicted molar refractivity (Wildman–Crippen MR) is 134 cm³/mol. The molecule has 0 aliphatic carbocycles. The van der Waals surface area contributed by atoms with Crippen molar-refractivity contribution in [3.8, 4) is 0 Å². The fraction of sp³-hybridized carbons (Fsp3) is 0.909. The molecule has 3 saturated heterocycles. The first-order chi connectivity index (χ1) is 14.3. The molecule has 1 N–H and O–H groups in total. The number of nitrogens with zero attached hydrogens (tertiary/aromatic N) is 4. The molecule has 0 bridgehead atoms. The quantitative estimate of drug-likeness (QED) is 0.245. The van der Waals surface area contributed by atoms with E-state index in [2.05, 4.69) is 22.0 Å². The van der Waals surface area contributed by atoms with Crippen molar-refractivity contribution in [1.29, 1.82) is 0 Å². The lowest BCUT2D eigenvalue weighted by Crippen LogP contribution is -2.50. The number of piperazine rings is 1. The molecular weight excluding hydrogens is 509 g/mol. The number of likely N-dealkylation sites (tertiary alicyclic amines) is 1. The summed E-state index contributed by atoms with van der Waals surface area (Å²) in [5.74, 6) is 1.05. The third kappa shape index (κ3) is 7.92. The molecule has 0 aromatic rings. The molecule has 3 aliphatic rings. The predicted octanol–water partition coefficient (Wildman–Crippen LogP) is 2.63. The minimum absolute atomic E-state index is 0. The number of ether oxygens (including phenoxy) is 2. The lowest BCUT2D eigenvalue weighted by atomic mass is 9.87. The lowest BCUT2D eigenvalue weighted by molar-refractivity contribution is 0.0145. The van der Waals surface area contributed by atoms with E-state index >= 15 is 0 Å². The lowest BCUT2D eigenvalue weighted by Gasteiger charge is -2.35. The van der Waals surface area contributed by atoms with E-state index < -0.39 is 5.60 Å². The van der Waals surface area contributed by atoms with Crippen molar-refractivity contribution in [2.24, 2.45) is 10.4 Å². The number of halogens is 1. The fourth-order valence-corrected chi connectivity index (χ4v) is 4.47. The van der Waals surface area contributed by atoms with Crippen molar-refractivity contribution in [3.63, 3.8) is 0 Å². The van der Waals surface area contributed by atoms with Gasteiger partial charge in [-0.3, -0.25) is 9.89 Å². The summed E-state index contributed by atoms with van der Waals surface area (Å²) in [6.07, 6.45) is 3.22. The first kappa shape index (κ1) is 26.4. The summed E-state index contributed by atoms with van der Waals surface area (Å²) in [7, 11) is 0. The molecule has 3 rings (SSSR count). The summed E-state index contributed by atoms with van der Waals surface area (Å²) in [5.41, 5.74) is -0.0831. The van der Waals surface area contributed by atoms with E-state index in [9.17, 15) is 4.79 Å². The van der Waals surface area contributed by atoms with Crippen LogP contribution in [0.25, 0.3) is 0 Å². The SMILES string of the molecule is CCNC(=NCCCN1CCN(C(=O)OC(C)(C)C)CC1)N1CCC2(CCOC2)C1.I. The molecule has 3 heterocycles. The third-order valence-corrected chi connectivity index (χ3v) is 6.18. The van der Waals surface area contributed by atoms with Crippen LogP contribution < -0.4 is 5.32 Å². The van der Waals surface area contributed by atoms with Crippen LogP contribution in [-0.2, 0) is 9.47 Å². The monoisotopic (exact) mass is 551 g/mol. The van der Waals surface area contributed by atoms with Gasteiger partial charge in [0.05, 0.1) is 6.61 Å². The zero-order valence-electron chi connectivity index (χ0n) is 19.8. The second-order valence-electron chi connectivity index (χ2n) is 9.87. The molecule has 1 amide bonds. The Hall–Kier alpha value is -0.810. The Morgan fingerprint density at radius 1 is 1.13 bits per heavy atom. The van der Waals surface area contributed by atoms with Gasteiger partial charge in [-0.2, -0.15) is 0 Å². The molecule has 0 saturated carbocycles. The Morgan fingerprint density at radius 2 is 1.87 bits per heavy atom. The van der Waals surface area contributed by atoms with E-state index in [0.717, 1.165) is 84.5 Å². The maximum Gasteiger partial charge on any atom is 0.410 e. The minimum atomic E-state index is -0.434. The van der Waals surface area contributed by atoms with Crippen molar-refractivity contribution in [3.05, 3.63) is 0 Å². The number of hydrogen-bond donors (Lipinski definition) is 1. The van der Waals surface area contributed by atoms with Gasteiger partial charge in [-0.05, 0) is 47.0 Å². The summed E-state index contributed by atoms with van der Waals surface area (Å²) >= 11 is 0. The van der Waals surface area contributed by atoms with E-state index in [0.29, 0.717) is 5.41 Å². The number of nitrogens with one attached hydrogen (secondary N) is 1. The van der Waals surface area contributed by atoms with Gasteiger partial charge in [0.25, 0.3) is 0 Å². The molecule has 0 aromatic carbocycles. The van der Waals surface area contributed by atoms with Gasteiger partial charge in [-0.25, -0.2) is 4.79 Å². The van der Waals surface area contributed by atoms with Crippen molar-refractivity contribution in [1.82, 2.24) is 20.0 Å². The minimum Gasteiger partial charge on any atom is -0.444 e. The van der Waals surface area contributed by atoms with Crippen LogP contribution in [0.5, 0.6) is 0 Å². The van der Waals surface area contributed by atoms with Gasteiger partial charge < -0.3 is 24.6 Å². The van der Waals surface area contributed by atoms with Crippen LogP contribution in [0.2, 0.25) is 0 Å². The van der Waals surface area contributed by atoms with Crippen LogP contribution in [0.1, 0.15) is 47.0 Å². The Bertz CT molecular complexity index is 596. The van der Waals surface area contributed by atoms with Crippen LogP contribution in [-0.4, -0.2) is 104 Å². The van der Waals surface area contributed by atoms with Crippen molar-refractivity contribution < 1.29 is 14.3 Å². The maximum absolute atomic E-state index is 12.2. The maximum atomic E-state index is 12.2. The van der Waals surface area contributed by atoms with E-state index in [-0.39, 0.29) is 30.1 Å². The van der Waals surface area contributed by atoms with Crippen LogP contribution >= 0.6 is 24.0 Å². The van der Waals surface area contributed by atoms with Gasteiger partial charge in [0.1, 0.15) is 5.60 Å². The van der Waals surface area contributed by atoms with Crippen molar-refractivity contribution >= 4 is 36.0 Å². The fourth-order valence-electron chi connectivity index (χ4n) is 4.47. The van der Waals surface area contributed by atoms with Gasteiger partial charge in [0, 0.05) is 70.9 Å². The highest BCUT2D eigenvalue weighted by atomic mass is 127. The summed E-state index contributed by atoms with van der Waals surface area (Å²) in [6, 6.07) is 0. The van der Waals surface area contributed by atoms with E-state index in [1.807, 2.05) is 25.7 Å². The van der Waals surface area contributed by atoms with Crippen LogP contribution in [0.15, 0.2) is 4.99 Å². The van der Waals surface area contributed by atoms with Gasteiger partial charge in [-0.15, -0.1) is 24.0 Å². The number of aliphatic imine (C=N–C) groups is 1. The number of hydrogen-bond acceptors (Lipinski definition) is 5. The summed E-state index contributed by atoms with van der Waals surface area (Å²) in [6.45, 7) is 17.8. The van der Waals surface area contributed by atoms with Crippen molar-refractivity contribution in [2.75, 3.05) is 72.1 Å². The number of amides is 1. The molecule has 1 unspecified atom stereocenters. The number of guanidine groups is 1. The largest absolute Gasteiger partial charge is 0.444 e. The normalized spacial score (nSPS) is 25.1. The third-order valence-electron chi connectivity index (χ3n) is 6.18. The van der Waals surface area contributed by atoms with Gasteiger partial charge in [0.2, 0.25) is 0 Å². The van der Waals surface area contributed by atoms with Crippen LogP contribution in [0, 0.1) is 5.41 Å². The van der Waals surface area contributed by atoms with Crippen LogP contribution in [0.4, 0.5) is 4.79 Å². The first-order valence-electron chi connectivity index (χ1n) is 11.6. The zero-order chi connectivity index (χ0) is 21.6. The van der Waals surface area contributed by atoms with Crippen LogP contribution in [0.3, 0.4) is 0 Å². The molecule has 3 aliphatic heterocycles. The molecule has 1 spiro atoms. The van der Waals surface area contributed by atoms with E-state index in [1.165, 1.54) is 12.8 Å². The second kappa shape index (κ2) is 11.9.